The summed E-state index contributed by atoms with van der Waals surface area (Å²) in [7, 11) is 0. The molecule has 0 amide bonds. The largest absolute Gasteiger partial charge is 0.508 e. The molecule has 0 aromatic carbocycles. The quantitative estimate of drug-likeness (QED) is 0.0470. The first-order valence-electron chi connectivity index (χ1n) is 19.7. The van der Waals surface area contributed by atoms with Crippen molar-refractivity contribution in [2.75, 3.05) is 52.9 Å². The van der Waals surface area contributed by atoms with Gasteiger partial charge in [-0.3, -0.25) is 0 Å². The fourth-order valence-corrected chi connectivity index (χ4v) is 5.16. The summed E-state index contributed by atoms with van der Waals surface area (Å²) in [6.45, 7) is 0.324. The molecule has 20 nitrogen and oxygen atoms in total. The van der Waals surface area contributed by atoms with E-state index in [1.807, 2.05) is 0 Å². The molecule has 4 rings (SSSR count). The van der Waals surface area contributed by atoms with Crippen molar-refractivity contribution in [3.05, 3.63) is 48.6 Å². The van der Waals surface area contributed by atoms with Crippen LogP contribution in [-0.2, 0) is 76.0 Å². The SMILES string of the molecule is O=C(/C=C/CCCCCC/C=C/C(=O)OCC1COC(=O)O1)OCC1COC(=O)O1.O=C(/C=C/CCCCCC/C=C/C(=O)OCC1COC(=O)O1)OCC1COC(=O)O1. The summed E-state index contributed by atoms with van der Waals surface area (Å²) in [5.41, 5.74) is 0. The zero-order valence-electron chi connectivity index (χ0n) is 33.2. The third-order valence-electron chi connectivity index (χ3n) is 8.24. The van der Waals surface area contributed by atoms with E-state index in [0.29, 0.717) is 0 Å². The van der Waals surface area contributed by atoms with Gasteiger partial charge in [-0.1, -0.05) is 50.0 Å². The number of hydrogen-bond donors (Lipinski definition) is 0. The monoisotopic (exact) mass is 852 g/mol. The maximum absolute atomic E-state index is 11.5. The Morgan fingerprint density at radius 1 is 0.383 bits per heavy atom. The number of esters is 4. The van der Waals surface area contributed by atoms with E-state index in [9.17, 15) is 38.4 Å². The minimum atomic E-state index is -0.745. The fourth-order valence-electron chi connectivity index (χ4n) is 5.16. The summed E-state index contributed by atoms with van der Waals surface area (Å²) in [6, 6.07) is 0. The summed E-state index contributed by atoms with van der Waals surface area (Å²) in [5.74, 6) is -1.91. The Balaban J connectivity index is 0.000000320. The molecule has 0 aromatic heterocycles. The second-order valence-electron chi connectivity index (χ2n) is 13.3. The van der Waals surface area contributed by atoms with E-state index in [-0.39, 0.29) is 52.9 Å². The van der Waals surface area contributed by atoms with Gasteiger partial charge in [-0.05, 0) is 51.4 Å². The van der Waals surface area contributed by atoms with Gasteiger partial charge in [-0.15, -0.1) is 0 Å². The van der Waals surface area contributed by atoms with Gasteiger partial charge in [0.1, 0.15) is 52.9 Å². The Morgan fingerprint density at radius 2 is 0.600 bits per heavy atom. The first-order chi connectivity index (χ1) is 29.0. The molecule has 60 heavy (non-hydrogen) atoms. The van der Waals surface area contributed by atoms with Gasteiger partial charge in [0, 0.05) is 24.3 Å². The molecule has 0 aliphatic carbocycles. The third-order valence-corrected chi connectivity index (χ3v) is 8.24. The van der Waals surface area contributed by atoms with Crippen LogP contribution in [0.1, 0.15) is 77.0 Å². The highest BCUT2D eigenvalue weighted by molar-refractivity contribution is 5.83. The van der Waals surface area contributed by atoms with Crippen molar-refractivity contribution in [3.8, 4) is 0 Å². The van der Waals surface area contributed by atoms with Crippen molar-refractivity contribution in [1.29, 1.82) is 0 Å². The van der Waals surface area contributed by atoms with E-state index in [1.54, 1.807) is 24.3 Å². The van der Waals surface area contributed by atoms with Crippen LogP contribution in [0.4, 0.5) is 19.2 Å². The van der Waals surface area contributed by atoms with Crippen molar-refractivity contribution in [2.45, 2.75) is 101 Å². The standard InChI is InChI=1S/2C20H26O10/c2*21-17(25-11-15-13-27-19(23)29-15)9-7-5-3-1-2-4-6-8-10-18(22)26-12-16-14-28-20(24)30-16/h2*7-10,15-16H,1-6,11-14H2/b2*9-7+,10-8+. The zero-order valence-corrected chi connectivity index (χ0v) is 33.2. The molecule has 0 aromatic rings. The van der Waals surface area contributed by atoms with Crippen LogP contribution < -0.4 is 0 Å². The molecule has 0 N–H and O–H groups in total. The number of ether oxygens (including phenoxy) is 12. The number of cyclic esters (lactones) is 8. The summed E-state index contributed by atoms with van der Waals surface area (Å²) in [4.78, 5) is 89.0. The molecule has 4 saturated heterocycles. The Labute approximate surface area is 346 Å². The van der Waals surface area contributed by atoms with Crippen LogP contribution in [0.15, 0.2) is 48.6 Å². The summed E-state index contributed by atoms with van der Waals surface area (Å²) < 4.78 is 57.2. The number of unbranched alkanes of at least 4 members (excludes halogenated alkanes) is 10. The number of rotatable bonds is 26. The van der Waals surface area contributed by atoms with Crippen LogP contribution in [0.25, 0.3) is 0 Å². The van der Waals surface area contributed by atoms with Crippen LogP contribution >= 0.6 is 0 Å². The van der Waals surface area contributed by atoms with Crippen LogP contribution in [0.5, 0.6) is 0 Å². The molecular weight excluding hydrogens is 800 g/mol. The van der Waals surface area contributed by atoms with Crippen LogP contribution in [0.2, 0.25) is 0 Å². The molecule has 332 valence electrons. The zero-order chi connectivity index (χ0) is 43.2. The first kappa shape index (κ1) is 48.3. The van der Waals surface area contributed by atoms with Crippen molar-refractivity contribution in [1.82, 2.24) is 0 Å². The molecule has 0 radical (unpaired) electrons. The average molecular weight is 853 g/mol. The van der Waals surface area contributed by atoms with Crippen molar-refractivity contribution >= 4 is 48.5 Å². The molecule has 0 spiro atoms. The third kappa shape index (κ3) is 23.4. The van der Waals surface area contributed by atoms with Crippen LogP contribution in [0.3, 0.4) is 0 Å². The fraction of sp³-hybridized carbons (Fsp3) is 0.600. The molecule has 4 aliphatic heterocycles. The minimum Gasteiger partial charge on any atom is -0.458 e. The van der Waals surface area contributed by atoms with E-state index in [1.165, 1.54) is 24.3 Å². The van der Waals surface area contributed by atoms with Crippen molar-refractivity contribution in [2.24, 2.45) is 0 Å². The number of hydrogen-bond acceptors (Lipinski definition) is 20. The van der Waals surface area contributed by atoms with E-state index >= 15 is 0 Å². The molecular formula is C40H52O20. The average Bonchev–Trinajstić information content (AvgIpc) is 4.05. The van der Waals surface area contributed by atoms with Gasteiger partial charge in [0.15, 0.2) is 24.4 Å². The molecule has 0 bridgehead atoms. The number of allylic oxidation sites excluding steroid dienone is 4. The normalized spacial score (nSPS) is 20.7. The van der Waals surface area contributed by atoms with Gasteiger partial charge >= 0.3 is 48.5 Å². The Bertz CT molecular complexity index is 1310. The van der Waals surface area contributed by atoms with E-state index in [2.05, 4.69) is 18.9 Å². The lowest BCUT2D eigenvalue weighted by molar-refractivity contribution is -0.140. The Morgan fingerprint density at radius 3 is 0.783 bits per heavy atom. The lowest BCUT2D eigenvalue weighted by Crippen LogP contribution is -2.19. The smallest absolute Gasteiger partial charge is 0.458 e. The summed E-state index contributed by atoms with van der Waals surface area (Å²) in [5, 5.41) is 0. The molecule has 4 atom stereocenters. The highest BCUT2D eigenvalue weighted by Crippen LogP contribution is 2.12. The number of carbonyl (C=O) groups excluding carboxylic acids is 8. The Kier molecular flexibility index (Phi) is 23.5. The molecule has 4 aliphatic rings. The highest BCUT2D eigenvalue weighted by Gasteiger charge is 2.28. The molecule has 4 unspecified atom stereocenters. The summed E-state index contributed by atoms with van der Waals surface area (Å²) in [6.07, 6.45) is 18.1. The highest BCUT2D eigenvalue weighted by atomic mass is 16.8. The lowest BCUT2D eigenvalue weighted by atomic mass is 10.1. The second-order valence-corrected chi connectivity index (χ2v) is 13.3. The van der Waals surface area contributed by atoms with Crippen molar-refractivity contribution < 1.29 is 95.2 Å². The molecule has 0 saturated carbocycles. The van der Waals surface area contributed by atoms with Crippen LogP contribution in [-0.4, -0.2) is 126 Å². The van der Waals surface area contributed by atoms with Gasteiger partial charge in [-0.2, -0.15) is 0 Å². The van der Waals surface area contributed by atoms with Crippen molar-refractivity contribution in [3.63, 3.8) is 0 Å². The first-order valence-corrected chi connectivity index (χ1v) is 19.7. The van der Waals surface area contributed by atoms with Gasteiger partial charge in [-0.25, -0.2) is 38.4 Å². The second kappa shape index (κ2) is 29.2. The molecule has 4 fully saturated rings. The maximum atomic E-state index is 11.5. The topological polar surface area (TPSA) is 247 Å². The predicted molar refractivity (Wildman–Crippen MR) is 201 cm³/mol. The predicted octanol–water partition coefficient (Wildman–Crippen LogP) is 5.19. The van der Waals surface area contributed by atoms with E-state index in [0.717, 1.165) is 77.0 Å². The van der Waals surface area contributed by atoms with Crippen LogP contribution in [0, 0.1) is 0 Å². The van der Waals surface area contributed by atoms with E-state index in [4.69, 9.17) is 37.9 Å². The molecule has 4 heterocycles. The lowest BCUT2D eigenvalue weighted by Gasteiger charge is -2.05. The van der Waals surface area contributed by atoms with Gasteiger partial charge < -0.3 is 56.8 Å². The van der Waals surface area contributed by atoms with Gasteiger partial charge in [0.25, 0.3) is 0 Å². The minimum absolute atomic E-state index is 0.0155. The van der Waals surface area contributed by atoms with Gasteiger partial charge in [0.05, 0.1) is 0 Å². The maximum Gasteiger partial charge on any atom is 0.508 e. The van der Waals surface area contributed by atoms with Gasteiger partial charge in [0.2, 0.25) is 0 Å². The Hall–Kier alpha value is -6.08. The van der Waals surface area contributed by atoms with E-state index < -0.39 is 72.9 Å². The number of carbonyl (C=O) groups is 8. The molecule has 20 heteroatoms. The summed E-state index contributed by atoms with van der Waals surface area (Å²) >= 11 is 0.